The molecule has 1 aromatic heterocycles. The molecule has 1 aromatic carbocycles. The van der Waals surface area contributed by atoms with E-state index in [4.69, 9.17) is 11.6 Å². The zero-order valence-electron chi connectivity index (χ0n) is 16.7. The molecule has 0 saturated carbocycles. The van der Waals surface area contributed by atoms with Crippen LogP contribution in [0.4, 0.5) is 0 Å². The van der Waals surface area contributed by atoms with Crippen LogP contribution in [-0.2, 0) is 30.1 Å². The number of halogens is 1. The lowest BCUT2D eigenvalue weighted by Gasteiger charge is -2.34. The molecular weight excluding hydrogens is 406 g/mol. The van der Waals surface area contributed by atoms with Crippen molar-refractivity contribution < 1.29 is 4.79 Å². The SMILES string of the molecule is O=C(CSCc1cccc(Cl)c1)N1CCN(Cc2nnc3n2CCCCC3)CC1. The number of nitrogens with zero attached hydrogens (tertiary/aromatic N) is 5. The molecule has 0 aliphatic carbocycles. The van der Waals surface area contributed by atoms with Crippen LogP contribution in [0.5, 0.6) is 0 Å². The number of rotatable bonds is 6. The van der Waals surface area contributed by atoms with Gasteiger partial charge in [-0.1, -0.05) is 30.2 Å². The van der Waals surface area contributed by atoms with Gasteiger partial charge in [-0.05, 0) is 30.5 Å². The topological polar surface area (TPSA) is 54.3 Å². The van der Waals surface area contributed by atoms with E-state index in [1.165, 1.54) is 19.3 Å². The first kappa shape index (κ1) is 20.7. The van der Waals surface area contributed by atoms with Crippen molar-refractivity contribution >= 4 is 29.3 Å². The molecule has 0 unspecified atom stereocenters. The highest BCUT2D eigenvalue weighted by Gasteiger charge is 2.23. The number of aromatic nitrogens is 3. The van der Waals surface area contributed by atoms with E-state index >= 15 is 0 Å². The van der Waals surface area contributed by atoms with Crippen LogP contribution in [0.1, 0.15) is 36.5 Å². The normalized spacial score (nSPS) is 17.8. The maximum atomic E-state index is 12.5. The van der Waals surface area contributed by atoms with Crippen LogP contribution in [0.2, 0.25) is 5.02 Å². The van der Waals surface area contributed by atoms with Crippen LogP contribution in [0.15, 0.2) is 24.3 Å². The minimum atomic E-state index is 0.230. The third kappa shape index (κ3) is 5.53. The Hall–Kier alpha value is -1.57. The largest absolute Gasteiger partial charge is 0.339 e. The first-order valence-corrected chi connectivity index (χ1v) is 12.0. The molecule has 2 aliphatic rings. The molecule has 0 N–H and O–H groups in total. The average Bonchev–Trinajstić information content (AvgIpc) is 2.95. The number of piperazine rings is 1. The predicted molar refractivity (Wildman–Crippen MR) is 117 cm³/mol. The van der Waals surface area contributed by atoms with Crippen molar-refractivity contribution in [2.24, 2.45) is 0 Å². The van der Waals surface area contributed by atoms with Gasteiger partial charge in [0.1, 0.15) is 11.6 Å². The van der Waals surface area contributed by atoms with Crippen LogP contribution in [0, 0.1) is 0 Å². The molecule has 2 aromatic rings. The standard InChI is InChI=1S/C21H28ClN5OS/c22-18-6-4-5-17(13-18)15-29-16-21(28)26-11-9-25(10-12-26)14-20-24-23-19-7-2-1-3-8-27(19)20/h4-6,13H,1-3,7-12,14-16H2. The molecule has 0 atom stereocenters. The van der Waals surface area contributed by atoms with Crippen molar-refractivity contribution in [3.8, 4) is 0 Å². The number of carbonyl (C=O) groups is 1. The second-order valence-electron chi connectivity index (χ2n) is 7.77. The van der Waals surface area contributed by atoms with E-state index in [0.717, 1.165) is 73.7 Å². The zero-order chi connectivity index (χ0) is 20.1. The Morgan fingerprint density at radius 1 is 1.07 bits per heavy atom. The van der Waals surface area contributed by atoms with Crippen LogP contribution in [-0.4, -0.2) is 62.4 Å². The number of benzene rings is 1. The van der Waals surface area contributed by atoms with E-state index in [9.17, 15) is 4.79 Å². The van der Waals surface area contributed by atoms with E-state index in [2.05, 4.69) is 19.7 Å². The van der Waals surface area contributed by atoms with E-state index in [0.29, 0.717) is 5.75 Å². The number of aryl methyl sites for hydroxylation is 1. The highest BCUT2D eigenvalue weighted by Crippen LogP contribution is 2.18. The molecule has 1 amide bonds. The summed E-state index contributed by atoms with van der Waals surface area (Å²) in [6.07, 6.45) is 4.75. The highest BCUT2D eigenvalue weighted by atomic mass is 35.5. The fourth-order valence-electron chi connectivity index (χ4n) is 3.99. The Bertz CT molecular complexity index is 834. The van der Waals surface area contributed by atoms with Crippen molar-refractivity contribution in [2.75, 3.05) is 31.9 Å². The van der Waals surface area contributed by atoms with E-state index in [1.807, 2.05) is 29.2 Å². The average molecular weight is 434 g/mol. The Morgan fingerprint density at radius 3 is 2.76 bits per heavy atom. The maximum absolute atomic E-state index is 12.5. The second kappa shape index (κ2) is 9.96. The summed E-state index contributed by atoms with van der Waals surface area (Å²) < 4.78 is 2.32. The minimum Gasteiger partial charge on any atom is -0.339 e. The quantitative estimate of drug-likeness (QED) is 0.700. The second-order valence-corrected chi connectivity index (χ2v) is 9.20. The van der Waals surface area contributed by atoms with Gasteiger partial charge < -0.3 is 9.47 Å². The summed E-state index contributed by atoms with van der Waals surface area (Å²) in [5.74, 6) is 3.78. The molecule has 29 heavy (non-hydrogen) atoms. The van der Waals surface area contributed by atoms with E-state index < -0.39 is 0 Å². The number of fused-ring (bicyclic) bond motifs is 1. The van der Waals surface area contributed by atoms with Crippen molar-refractivity contribution in [3.63, 3.8) is 0 Å². The maximum Gasteiger partial charge on any atom is 0.232 e. The van der Waals surface area contributed by atoms with Crippen molar-refractivity contribution in [2.45, 2.75) is 44.5 Å². The highest BCUT2D eigenvalue weighted by molar-refractivity contribution is 7.99. The Kier molecular flexibility index (Phi) is 7.11. The van der Waals surface area contributed by atoms with Crippen LogP contribution in [0.3, 0.4) is 0 Å². The van der Waals surface area contributed by atoms with Gasteiger partial charge in [-0.3, -0.25) is 9.69 Å². The summed E-state index contributed by atoms with van der Waals surface area (Å²) in [6, 6.07) is 7.83. The monoisotopic (exact) mass is 433 g/mol. The van der Waals surface area contributed by atoms with Gasteiger partial charge in [0.25, 0.3) is 0 Å². The van der Waals surface area contributed by atoms with Crippen LogP contribution < -0.4 is 0 Å². The Balaban J connectivity index is 1.21. The van der Waals surface area contributed by atoms with Crippen molar-refractivity contribution in [1.82, 2.24) is 24.6 Å². The molecule has 156 valence electrons. The Labute approximate surface area is 181 Å². The lowest BCUT2D eigenvalue weighted by atomic mass is 10.2. The van der Waals surface area contributed by atoms with Gasteiger partial charge in [-0.15, -0.1) is 22.0 Å². The lowest BCUT2D eigenvalue weighted by Crippen LogP contribution is -2.49. The van der Waals surface area contributed by atoms with Gasteiger partial charge in [0.05, 0.1) is 12.3 Å². The first-order valence-electron chi connectivity index (χ1n) is 10.4. The van der Waals surface area contributed by atoms with Gasteiger partial charge >= 0.3 is 0 Å². The summed E-state index contributed by atoms with van der Waals surface area (Å²) in [5.41, 5.74) is 1.16. The first-order chi connectivity index (χ1) is 14.2. The molecule has 2 aliphatic heterocycles. The summed E-state index contributed by atoms with van der Waals surface area (Å²) in [6.45, 7) is 5.24. The van der Waals surface area contributed by atoms with Gasteiger partial charge in [-0.25, -0.2) is 0 Å². The van der Waals surface area contributed by atoms with E-state index in [1.54, 1.807) is 11.8 Å². The Morgan fingerprint density at radius 2 is 1.93 bits per heavy atom. The molecule has 1 fully saturated rings. The fourth-order valence-corrected chi connectivity index (χ4v) is 5.08. The number of thioether (sulfide) groups is 1. The number of carbonyl (C=O) groups excluding carboxylic acids is 1. The molecule has 0 bridgehead atoms. The molecular formula is C21H28ClN5OS. The number of hydrogen-bond donors (Lipinski definition) is 0. The molecule has 6 nitrogen and oxygen atoms in total. The summed E-state index contributed by atoms with van der Waals surface area (Å²) in [7, 11) is 0. The molecule has 1 saturated heterocycles. The molecule has 8 heteroatoms. The third-order valence-electron chi connectivity index (χ3n) is 5.66. The zero-order valence-corrected chi connectivity index (χ0v) is 18.3. The molecule has 0 spiro atoms. The smallest absolute Gasteiger partial charge is 0.232 e. The van der Waals surface area contributed by atoms with Gasteiger partial charge in [-0.2, -0.15) is 0 Å². The van der Waals surface area contributed by atoms with E-state index in [-0.39, 0.29) is 5.91 Å². The fraction of sp³-hybridized carbons (Fsp3) is 0.571. The summed E-state index contributed by atoms with van der Waals surface area (Å²) in [5, 5.41) is 9.59. The van der Waals surface area contributed by atoms with Crippen LogP contribution in [0.25, 0.3) is 0 Å². The molecule has 4 rings (SSSR count). The van der Waals surface area contributed by atoms with Gasteiger partial charge in [0.2, 0.25) is 5.91 Å². The van der Waals surface area contributed by atoms with Crippen LogP contribution >= 0.6 is 23.4 Å². The minimum absolute atomic E-state index is 0.230. The van der Waals surface area contributed by atoms with Gasteiger partial charge in [0.15, 0.2) is 0 Å². The number of amides is 1. The van der Waals surface area contributed by atoms with Gasteiger partial charge in [0, 0.05) is 49.9 Å². The predicted octanol–water partition coefficient (Wildman–Crippen LogP) is 3.24. The van der Waals surface area contributed by atoms with Crippen molar-refractivity contribution in [1.29, 1.82) is 0 Å². The molecule has 0 radical (unpaired) electrons. The lowest BCUT2D eigenvalue weighted by molar-refractivity contribution is -0.130. The molecule has 3 heterocycles. The third-order valence-corrected chi connectivity index (χ3v) is 6.88. The summed E-state index contributed by atoms with van der Waals surface area (Å²) >= 11 is 7.67. The number of hydrogen-bond acceptors (Lipinski definition) is 5. The van der Waals surface area contributed by atoms with Crippen molar-refractivity contribution in [3.05, 3.63) is 46.5 Å². The summed E-state index contributed by atoms with van der Waals surface area (Å²) in [4.78, 5) is 16.9.